The molecular weight excluding hydrogens is 250 g/mol. The molecule has 1 aromatic heterocycles. The number of para-hydroxylation sites is 1. The number of rotatable bonds is 3. The average Bonchev–Trinajstić information content (AvgIpc) is 2.86. The van der Waals surface area contributed by atoms with Gasteiger partial charge in [-0.05, 0) is 25.8 Å². The van der Waals surface area contributed by atoms with Crippen molar-refractivity contribution in [3.8, 4) is 6.07 Å². The Morgan fingerprint density at radius 1 is 1.35 bits per heavy atom. The van der Waals surface area contributed by atoms with E-state index in [-0.39, 0.29) is 5.41 Å². The van der Waals surface area contributed by atoms with Gasteiger partial charge in [-0.2, -0.15) is 10.4 Å². The molecular formula is C16H19N3O. The summed E-state index contributed by atoms with van der Waals surface area (Å²) < 4.78 is 7.42. The smallest absolute Gasteiger partial charge is 0.0719 e. The maximum atomic E-state index is 9.60. The van der Waals surface area contributed by atoms with Crippen LogP contribution in [0.15, 0.2) is 24.3 Å². The highest BCUT2D eigenvalue weighted by atomic mass is 16.5. The second kappa shape index (κ2) is 5.26. The van der Waals surface area contributed by atoms with Crippen molar-refractivity contribution < 1.29 is 4.74 Å². The van der Waals surface area contributed by atoms with Crippen LogP contribution in [-0.4, -0.2) is 23.0 Å². The van der Waals surface area contributed by atoms with Gasteiger partial charge in [0.05, 0.1) is 22.7 Å². The number of benzene rings is 1. The van der Waals surface area contributed by atoms with Crippen molar-refractivity contribution in [2.45, 2.75) is 32.7 Å². The van der Waals surface area contributed by atoms with Crippen LogP contribution < -0.4 is 0 Å². The van der Waals surface area contributed by atoms with Crippen LogP contribution in [0, 0.1) is 16.7 Å². The number of nitrogens with zero attached hydrogens (tertiary/aromatic N) is 3. The van der Waals surface area contributed by atoms with Gasteiger partial charge in [0.15, 0.2) is 0 Å². The highest BCUT2D eigenvalue weighted by Gasteiger charge is 2.34. The maximum absolute atomic E-state index is 9.60. The Balaban J connectivity index is 2.00. The zero-order valence-electron chi connectivity index (χ0n) is 11.8. The van der Waals surface area contributed by atoms with Gasteiger partial charge in [-0.3, -0.25) is 4.68 Å². The zero-order chi connectivity index (χ0) is 14.0. The van der Waals surface area contributed by atoms with E-state index in [9.17, 15) is 5.26 Å². The number of hydrogen-bond donors (Lipinski definition) is 0. The molecule has 4 heteroatoms. The molecule has 0 amide bonds. The average molecular weight is 269 g/mol. The molecule has 0 saturated carbocycles. The lowest BCUT2D eigenvalue weighted by molar-refractivity contribution is 0.0403. The molecule has 0 aliphatic carbocycles. The van der Waals surface area contributed by atoms with E-state index in [1.165, 1.54) is 5.39 Å². The SMILES string of the molecule is CCn1nc(CC2(C#N)CCOCC2)c2ccccc21. The van der Waals surface area contributed by atoms with Crippen LogP contribution in [0.4, 0.5) is 0 Å². The molecule has 0 bridgehead atoms. The van der Waals surface area contributed by atoms with Crippen molar-refractivity contribution in [2.24, 2.45) is 5.41 Å². The molecule has 1 aliphatic heterocycles. The first-order chi connectivity index (χ1) is 9.78. The third-order valence-electron chi connectivity index (χ3n) is 4.23. The van der Waals surface area contributed by atoms with Gasteiger partial charge in [0, 0.05) is 31.6 Å². The lowest BCUT2D eigenvalue weighted by Gasteiger charge is -2.29. The van der Waals surface area contributed by atoms with Crippen molar-refractivity contribution in [3.05, 3.63) is 30.0 Å². The minimum atomic E-state index is -0.312. The fourth-order valence-electron chi connectivity index (χ4n) is 2.98. The Bertz CT molecular complexity index is 647. The predicted octanol–water partition coefficient (Wildman–Crippen LogP) is 2.92. The van der Waals surface area contributed by atoms with Gasteiger partial charge in [0.25, 0.3) is 0 Å². The van der Waals surface area contributed by atoms with Crippen LogP contribution in [0.5, 0.6) is 0 Å². The third kappa shape index (κ3) is 2.19. The van der Waals surface area contributed by atoms with Crippen molar-refractivity contribution in [2.75, 3.05) is 13.2 Å². The number of ether oxygens (including phenoxy) is 1. The van der Waals surface area contributed by atoms with Crippen molar-refractivity contribution >= 4 is 10.9 Å². The molecule has 0 radical (unpaired) electrons. The molecule has 1 aromatic carbocycles. The van der Waals surface area contributed by atoms with E-state index in [2.05, 4.69) is 25.1 Å². The summed E-state index contributed by atoms with van der Waals surface area (Å²) in [6.07, 6.45) is 2.33. The fraction of sp³-hybridized carbons (Fsp3) is 0.500. The molecule has 2 heterocycles. The van der Waals surface area contributed by atoms with Crippen LogP contribution in [0.25, 0.3) is 10.9 Å². The van der Waals surface area contributed by atoms with Gasteiger partial charge in [-0.25, -0.2) is 0 Å². The molecule has 1 aliphatic rings. The summed E-state index contributed by atoms with van der Waals surface area (Å²) >= 11 is 0. The second-order valence-corrected chi connectivity index (χ2v) is 5.46. The van der Waals surface area contributed by atoms with E-state index >= 15 is 0 Å². The standard InChI is InChI=1S/C16H19N3O/c1-2-19-15-6-4-3-5-13(15)14(18-19)11-16(12-17)7-9-20-10-8-16/h3-6H,2,7-11H2,1H3. The van der Waals surface area contributed by atoms with E-state index in [1.54, 1.807) is 0 Å². The van der Waals surface area contributed by atoms with Gasteiger partial charge in [0.1, 0.15) is 0 Å². The topological polar surface area (TPSA) is 50.8 Å². The van der Waals surface area contributed by atoms with Crippen LogP contribution >= 0.6 is 0 Å². The molecule has 104 valence electrons. The van der Waals surface area contributed by atoms with E-state index in [0.29, 0.717) is 13.2 Å². The number of nitriles is 1. The summed E-state index contributed by atoms with van der Waals surface area (Å²) in [4.78, 5) is 0. The summed E-state index contributed by atoms with van der Waals surface area (Å²) in [7, 11) is 0. The van der Waals surface area contributed by atoms with Crippen molar-refractivity contribution in [1.82, 2.24) is 9.78 Å². The van der Waals surface area contributed by atoms with E-state index in [1.807, 2.05) is 16.8 Å². The first-order valence-corrected chi connectivity index (χ1v) is 7.21. The van der Waals surface area contributed by atoms with E-state index in [4.69, 9.17) is 9.84 Å². The molecule has 3 rings (SSSR count). The van der Waals surface area contributed by atoms with Crippen LogP contribution in [0.2, 0.25) is 0 Å². The summed E-state index contributed by atoms with van der Waals surface area (Å²) in [5.74, 6) is 0. The number of aryl methyl sites for hydroxylation is 1. The van der Waals surface area contributed by atoms with E-state index < -0.39 is 0 Å². The quantitative estimate of drug-likeness (QED) is 0.860. The molecule has 1 fully saturated rings. The Labute approximate surface area is 119 Å². The van der Waals surface area contributed by atoms with Gasteiger partial charge in [-0.1, -0.05) is 18.2 Å². The largest absolute Gasteiger partial charge is 0.381 e. The Morgan fingerprint density at radius 2 is 2.10 bits per heavy atom. The summed E-state index contributed by atoms with van der Waals surface area (Å²) in [6.45, 7) is 4.31. The number of hydrogen-bond acceptors (Lipinski definition) is 3. The van der Waals surface area contributed by atoms with Crippen LogP contribution in [-0.2, 0) is 17.7 Å². The van der Waals surface area contributed by atoms with Gasteiger partial charge < -0.3 is 4.74 Å². The minimum absolute atomic E-state index is 0.312. The van der Waals surface area contributed by atoms with Crippen LogP contribution in [0.3, 0.4) is 0 Å². The highest BCUT2D eigenvalue weighted by molar-refractivity contribution is 5.82. The summed E-state index contributed by atoms with van der Waals surface area (Å²) in [5.41, 5.74) is 1.89. The van der Waals surface area contributed by atoms with E-state index in [0.717, 1.165) is 37.0 Å². The molecule has 2 aromatic rings. The fourth-order valence-corrected chi connectivity index (χ4v) is 2.98. The molecule has 1 saturated heterocycles. The monoisotopic (exact) mass is 269 g/mol. The molecule has 0 unspecified atom stereocenters. The third-order valence-corrected chi connectivity index (χ3v) is 4.23. The molecule has 20 heavy (non-hydrogen) atoms. The maximum Gasteiger partial charge on any atom is 0.0719 e. The lowest BCUT2D eigenvalue weighted by atomic mass is 9.77. The van der Waals surface area contributed by atoms with Crippen molar-refractivity contribution in [1.29, 1.82) is 5.26 Å². The summed E-state index contributed by atoms with van der Waals surface area (Å²) in [5, 5.41) is 15.5. The predicted molar refractivity (Wildman–Crippen MR) is 77.2 cm³/mol. The van der Waals surface area contributed by atoms with Gasteiger partial charge in [0.2, 0.25) is 0 Å². The highest BCUT2D eigenvalue weighted by Crippen LogP contribution is 2.35. The van der Waals surface area contributed by atoms with Gasteiger partial charge in [-0.15, -0.1) is 0 Å². The molecule has 0 atom stereocenters. The molecule has 0 N–H and O–H groups in total. The van der Waals surface area contributed by atoms with Crippen LogP contribution in [0.1, 0.15) is 25.5 Å². The molecule has 0 spiro atoms. The Morgan fingerprint density at radius 3 is 2.80 bits per heavy atom. The Hall–Kier alpha value is -1.86. The van der Waals surface area contributed by atoms with Gasteiger partial charge >= 0.3 is 0 Å². The summed E-state index contributed by atoms with van der Waals surface area (Å²) in [6, 6.07) is 10.8. The second-order valence-electron chi connectivity index (χ2n) is 5.46. The minimum Gasteiger partial charge on any atom is -0.381 e. The Kier molecular flexibility index (Phi) is 3.45. The molecule has 4 nitrogen and oxygen atoms in total. The lowest BCUT2D eigenvalue weighted by Crippen LogP contribution is -2.30. The number of fused-ring (bicyclic) bond motifs is 1. The first-order valence-electron chi connectivity index (χ1n) is 7.21. The zero-order valence-corrected chi connectivity index (χ0v) is 11.8. The first kappa shape index (κ1) is 13.1. The van der Waals surface area contributed by atoms with Crippen molar-refractivity contribution in [3.63, 3.8) is 0 Å². The normalized spacial score (nSPS) is 18.0. The number of aromatic nitrogens is 2.